The molecule has 166 valence electrons. The molecule has 2 heterocycles. The molecule has 2 fully saturated rings. The summed E-state index contributed by atoms with van der Waals surface area (Å²) in [7, 11) is 0. The maximum atomic E-state index is 13.1. The number of rotatable bonds is 7. The molecule has 0 aromatic heterocycles. The molecule has 1 N–H and O–H groups in total. The van der Waals surface area contributed by atoms with Gasteiger partial charge in [0.25, 0.3) is 5.69 Å². The molecule has 2 aliphatic heterocycles. The third-order valence-electron chi connectivity index (χ3n) is 5.12. The van der Waals surface area contributed by atoms with E-state index in [0.29, 0.717) is 24.0 Å². The monoisotopic (exact) mass is 454 g/mol. The number of nitrogens with one attached hydrogen (secondary N) is 1. The van der Waals surface area contributed by atoms with Crippen LogP contribution in [-0.2, 0) is 14.3 Å². The molecule has 0 unspecified atom stereocenters. The average molecular weight is 455 g/mol. The first kappa shape index (κ1) is 22.0. The van der Waals surface area contributed by atoms with E-state index in [4.69, 9.17) is 4.74 Å². The quantitative estimate of drug-likeness (QED) is 0.504. The van der Waals surface area contributed by atoms with E-state index in [2.05, 4.69) is 10.3 Å². The summed E-state index contributed by atoms with van der Waals surface area (Å²) in [4.78, 5) is 42.4. The Bertz CT molecular complexity index is 1040. The number of para-hydroxylation sites is 1. The lowest BCUT2D eigenvalue weighted by atomic mass is 10.2. The Labute approximate surface area is 189 Å². The van der Waals surface area contributed by atoms with Gasteiger partial charge in [0.15, 0.2) is 5.17 Å². The second-order valence-corrected chi connectivity index (χ2v) is 8.65. The number of amidine groups is 1. The first-order valence-electron chi connectivity index (χ1n) is 10.3. The molecule has 2 aromatic rings. The summed E-state index contributed by atoms with van der Waals surface area (Å²) < 4.78 is 5.70. The Morgan fingerprint density at radius 1 is 1.25 bits per heavy atom. The van der Waals surface area contributed by atoms with Gasteiger partial charge in [-0.05, 0) is 31.0 Å². The Morgan fingerprint density at radius 3 is 2.78 bits per heavy atom. The summed E-state index contributed by atoms with van der Waals surface area (Å²) in [5.74, 6) is -0.580. The van der Waals surface area contributed by atoms with Crippen molar-refractivity contribution >= 4 is 45.8 Å². The zero-order valence-corrected chi connectivity index (χ0v) is 18.0. The number of nitro groups is 1. The molecule has 0 aliphatic carbocycles. The SMILES string of the molecule is O=C(C[C@@H]1SC(=Nc2ccccc2)N(C[C@H]2CCCO2)C1=O)Nc1cccc([N+](=O)[O-])c1. The topological polar surface area (TPSA) is 114 Å². The number of carbonyl (C=O) groups excluding carboxylic acids is 2. The summed E-state index contributed by atoms with van der Waals surface area (Å²) in [5, 5.41) is 13.5. The zero-order valence-electron chi connectivity index (χ0n) is 17.2. The molecule has 10 heteroatoms. The van der Waals surface area contributed by atoms with Gasteiger partial charge < -0.3 is 10.1 Å². The van der Waals surface area contributed by atoms with Gasteiger partial charge >= 0.3 is 0 Å². The van der Waals surface area contributed by atoms with Gasteiger partial charge in [0.2, 0.25) is 11.8 Å². The molecule has 2 amide bonds. The molecule has 4 rings (SSSR count). The first-order chi connectivity index (χ1) is 15.5. The molecule has 0 spiro atoms. The van der Waals surface area contributed by atoms with E-state index < -0.39 is 16.1 Å². The van der Waals surface area contributed by atoms with Gasteiger partial charge in [0.1, 0.15) is 5.25 Å². The zero-order chi connectivity index (χ0) is 22.5. The number of amides is 2. The number of thioether (sulfide) groups is 1. The van der Waals surface area contributed by atoms with Gasteiger partial charge in [-0.15, -0.1) is 0 Å². The number of aliphatic imine (C=N–C) groups is 1. The van der Waals surface area contributed by atoms with E-state index >= 15 is 0 Å². The fourth-order valence-corrected chi connectivity index (χ4v) is 4.74. The van der Waals surface area contributed by atoms with Crippen LogP contribution in [0.5, 0.6) is 0 Å². The third-order valence-corrected chi connectivity index (χ3v) is 6.30. The molecule has 2 atom stereocenters. The molecule has 0 bridgehead atoms. The van der Waals surface area contributed by atoms with Crippen LogP contribution >= 0.6 is 11.8 Å². The molecule has 2 saturated heterocycles. The minimum absolute atomic E-state index is 0.0435. The number of non-ortho nitro benzene ring substituents is 1. The van der Waals surface area contributed by atoms with Gasteiger partial charge in [0, 0.05) is 30.8 Å². The lowest BCUT2D eigenvalue weighted by Crippen LogP contribution is -2.38. The number of benzene rings is 2. The average Bonchev–Trinajstić information content (AvgIpc) is 3.39. The molecular formula is C22H22N4O5S. The van der Waals surface area contributed by atoms with E-state index in [9.17, 15) is 19.7 Å². The smallest absolute Gasteiger partial charge is 0.271 e. The molecule has 2 aromatic carbocycles. The molecule has 32 heavy (non-hydrogen) atoms. The van der Waals surface area contributed by atoms with E-state index in [1.165, 1.54) is 30.0 Å². The Kier molecular flexibility index (Phi) is 6.81. The molecule has 2 aliphatic rings. The standard InChI is InChI=1S/C22H22N4O5S/c27-20(23-16-8-4-9-17(12-16)26(29)30)13-19-21(28)25(14-18-10-5-11-31-18)22(32-19)24-15-6-2-1-3-7-15/h1-4,6-9,12,18-19H,5,10-11,13-14H2,(H,23,27)/t18-,19+/m1/s1. The molecule has 0 saturated carbocycles. The highest BCUT2D eigenvalue weighted by Crippen LogP contribution is 2.33. The summed E-state index contributed by atoms with van der Waals surface area (Å²) in [6.45, 7) is 1.08. The lowest BCUT2D eigenvalue weighted by Gasteiger charge is -2.20. The maximum absolute atomic E-state index is 13.1. The van der Waals surface area contributed by atoms with E-state index in [0.717, 1.165) is 18.5 Å². The second-order valence-electron chi connectivity index (χ2n) is 7.48. The molecule has 9 nitrogen and oxygen atoms in total. The van der Waals surface area contributed by atoms with E-state index in [1.54, 1.807) is 11.0 Å². The number of ether oxygens (including phenoxy) is 1. The van der Waals surface area contributed by atoms with Crippen molar-refractivity contribution in [2.24, 2.45) is 4.99 Å². The molecule has 0 radical (unpaired) electrons. The van der Waals surface area contributed by atoms with Crippen LogP contribution in [0.25, 0.3) is 0 Å². The number of carbonyl (C=O) groups is 2. The van der Waals surface area contributed by atoms with Crippen LogP contribution in [-0.4, -0.2) is 51.3 Å². The largest absolute Gasteiger partial charge is 0.376 e. The van der Waals surface area contributed by atoms with Gasteiger partial charge in [-0.25, -0.2) is 4.99 Å². The van der Waals surface area contributed by atoms with Gasteiger partial charge in [0.05, 0.1) is 23.3 Å². The van der Waals surface area contributed by atoms with Gasteiger partial charge in [-0.2, -0.15) is 0 Å². The van der Waals surface area contributed by atoms with Crippen molar-refractivity contribution in [1.29, 1.82) is 0 Å². The predicted octanol–water partition coefficient (Wildman–Crippen LogP) is 3.73. The van der Waals surface area contributed by atoms with Crippen LogP contribution in [0.2, 0.25) is 0 Å². The van der Waals surface area contributed by atoms with E-state index in [1.807, 2.05) is 30.3 Å². The van der Waals surface area contributed by atoms with Gasteiger partial charge in [-0.1, -0.05) is 36.0 Å². The van der Waals surface area contributed by atoms with Crippen LogP contribution in [0.1, 0.15) is 19.3 Å². The van der Waals surface area contributed by atoms with Crippen molar-refractivity contribution in [3.8, 4) is 0 Å². The van der Waals surface area contributed by atoms with Crippen LogP contribution < -0.4 is 5.32 Å². The van der Waals surface area contributed by atoms with E-state index in [-0.39, 0.29) is 24.1 Å². The number of hydrogen-bond acceptors (Lipinski definition) is 7. The fraction of sp³-hybridized carbons (Fsp3) is 0.318. The maximum Gasteiger partial charge on any atom is 0.271 e. The predicted molar refractivity (Wildman–Crippen MR) is 122 cm³/mol. The van der Waals surface area contributed by atoms with Crippen LogP contribution in [0.3, 0.4) is 0 Å². The van der Waals surface area contributed by atoms with Crippen molar-refractivity contribution in [2.45, 2.75) is 30.6 Å². The summed E-state index contributed by atoms with van der Waals surface area (Å²) in [5.41, 5.74) is 0.921. The second kappa shape index (κ2) is 9.92. The highest BCUT2D eigenvalue weighted by Gasteiger charge is 2.40. The first-order valence-corrected chi connectivity index (χ1v) is 11.2. The number of anilines is 1. The highest BCUT2D eigenvalue weighted by molar-refractivity contribution is 8.15. The highest BCUT2D eigenvalue weighted by atomic mass is 32.2. The normalized spacial score (nSPS) is 21.8. The van der Waals surface area contributed by atoms with Crippen LogP contribution in [0.4, 0.5) is 17.1 Å². The lowest BCUT2D eigenvalue weighted by molar-refractivity contribution is -0.384. The van der Waals surface area contributed by atoms with Crippen molar-refractivity contribution in [2.75, 3.05) is 18.5 Å². The Morgan fingerprint density at radius 2 is 2.06 bits per heavy atom. The molecular weight excluding hydrogens is 432 g/mol. The number of nitro benzene ring substituents is 1. The van der Waals surface area contributed by atoms with Crippen molar-refractivity contribution in [3.63, 3.8) is 0 Å². The fourth-order valence-electron chi connectivity index (χ4n) is 3.58. The summed E-state index contributed by atoms with van der Waals surface area (Å²) in [6, 6.07) is 15.0. The number of nitrogens with zero attached hydrogens (tertiary/aromatic N) is 3. The van der Waals surface area contributed by atoms with Crippen molar-refractivity contribution in [1.82, 2.24) is 4.90 Å². The minimum atomic E-state index is -0.627. The summed E-state index contributed by atoms with van der Waals surface area (Å²) >= 11 is 1.25. The third kappa shape index (κ3) is 5.32. The van der Waals surface area contributed by atoms with Crippen molar-refractivity contribution in [3.05, 3.63) is 64.7 Å². The van der Waals surface area contributed by atoms with Gasteiger partial charge in [-0.3, -0.25) is 24.6 Å². The Balaban J connectivity index is 1.47. The van der Waals surface area contributed by atoms with Crippen LogP contribution in [0, 0.1) is 10.1 Å². The van der Waals surface area contributed by atoms with Crippen molar-refractivity contribution < 1.29 is 19.2 Å². The number of hydrogen-bond donors (Lipinski definition) is 1. The van der Waals surface area contributed by atoms with Crippen LogP contribution in [0.15, 0.2) is 59.6 Å². The Hall–Kier alpha value is -3.24. The summed E-state index contributed by atoms with van der Waals surface area (Å²) in [6.07, 6.45) is 1.73. The minimum Gasteiger partial charge on any atom is -0.376 e.